The minimum absolute atomic E-state index is 0. The molecule has 0 N–H and O–H groups in total. The summed E-state index contributed by atoms with van der Waals surface area (Å²) in [7, 11) is 0.168. The van der Waals surface area contributed by atoms with Gasteiger partial charge in [-0.15, -0.1) is 26.5 Å². The minimum atomic E-state index is 0. The van der Waals surface area contributed by atoms with E-state index in [1.165, 1.54) is 102 Å². The van der Waals surface area contributed by atoms with Gasteiger partial charge >= 0.3 is 0 Å². The molecule has 0 spiro atoms. The number of rotatable bonds is 18. The van der Waals surface area contributed by atoms with E-state index in [1.807, 2.05) is 40.9 Å². The van der Waals surface area contributed by atoms with Gasteiger partial charge in [0.2, 0.25) is 0 Å². The van der Waals surface area contributed by atoms with Crippen LogP contribution < -0.4 is 10.6 Å². The normalized spacial score (nSPS) is 10.8. The van der Waals surface area contributed by atoms with Crippen molar-refractivity contribution >= 4 is 26.5 Å². The first-order valence-electron chi connectivity index (χ1n) is 13.7. The molecule has 0 saturated heterocycles. The Labute approximate surface area is 220 Å². The fourth-order valence-corrected chi connectivity index (χ4v) is 10.2. The van der Waals surface area contributed by atoms with E-state index in [9.17, 15) is 0 Å². The third-order valence-corrected chi connectivity index (χ3v) is 11.9. The van der Waals surface area contributed by atoms with Crippen LogP contribution in [0.4, 0.5) is 0 Å². The smallest absolute Gasteiger partial charge is 0 e. The molecule has 0 aliphatic heterocycles. The number of hydrogen-bond acceptors (Lipinski definition) is 0. The van der Waals surface area contributed by atoms with Crippen LogP contribution in [-0.4, -0.2) is 24.6 Å². The fraction of sp³-hybridized carbons (Fsp3) is 0.667. The van der Waals surface area contributed by atoms with Crippen LogP contribution in [0.15, 0.2) is 48.5 Å². The quantitative estimate of drug-likeness (QED) is 0.0775. The summed E-state index contributed by atoms with van der Waals surface area (Å²) >= 11 is 0. The third kappa shape index (κ3) is 15.6. The van der Waals surface area contributed by atoms with Crippen LogP contribution in [0.3, 0.4) is 0 Å². The Hall–Kier alpha value is 0.0535. The van der Waals surface area contributed by atoms with Gasteiger partial charge in [0.05, 0.1) is 0 Å². The van der Waals surface area contributed by atoms with E-state index in [2.05, 4.69) is 45.9 Å². The van der Waals surface area contributed by atoms with E-state index in [0.29, 0.717) is 0 Å². The zero-order valence-corrected chi connectivity index (χ0v) is 24.9. The monoisotopic (exact) mass is 532 g/mol. The van der Waals surface area contributed by atoms with Gasteiger partial charge in [-0.05, 0) is 50.3 Å². The molecular formula is C30H52NiP2-6. The van der Waals surface area contributed by atoms with E-state index in [-0.39, 0.29) is 32.3 Å². The molecule has 0 bridgehead atoms. The van der Waals surface area contributed by atoms with E-state index in [0.717, 1.165) is 0 Å². The van der Waals surface area contributed by atoms with Crippen LogP contribution in [0.25, 0.3) is 0 Å². The molecule has 0 amide bonds. The molecule has 0 saturated carbocycles. The van der Waals surface area contributed by atoms with Gasteiger partial charge in [-0.3, -0.25) is 0 Å². The summed E-state index contributed by atoms with van der Waals surface area (Å²) in [5.41, 5.74) is 0. The van der Waals surface area contributed by atoms with Crippen molar-refractivity contribution in [2.45, 2.75) is 105 Å². The molecule has 0 radical (unpaired) electrons. The van der Waals surface area contributed by atoms with Gasteiger partial charge in [0.25, 0.3) is 0 Å². The van der Waals surface area contributed by atoms with Crippen LogP contribution in [-0.2, 0) is 16.5 Å². The number of hydrogen-bond donors (Lipinski definition) is 0. The summed E-state index contributed by atoms with van der Waals surface area (Å²) in [5, 5.41) is 3.66. The third-order valence-electron chi connectivity index (χ3n) is 6.13. The average molecular weight is 533 g/mol. The standard InChI is InChI=1S/C25H47P2.C5H5.Ni/c1-5-9-13-20-26(21-14-10-6-2)24-18-17-19-25(24)27(22-15-11-7-3)23-16-12-8-4;1-2-4-5-3-1;/h17-19H,5-16,20-23H2,1-4H3;1-5H;/q-1;-5;. The van der Waals surface area contributed by atoms with Gasteiger partial charge in [0.15, 0.2) is 0 Å². The summed E-state index contributed by atoms with van der Waals surface area (Å²) in [4.78, 5) is 0. The molecule has 0 nitrogen and oxygen atoms in total. The molecule has 33 heavy (non-hydrogen) atoms. The molecule has 0 aromatic heterocycles. The van der Waals surface area contributed by atoms with Gasteiger partial charge in [-0.2, -0.15) is 6.07 Å². The van der Waals surface area contributed by atoms with Crippen LogP contribution in [0, 0.1) is 0 Å². The van der Waals surface area contributed by atoms with Crippen molar-refractivity contribution in [2.24, 2.45) is 0 Å². The SMILES string of the molecule is CCCCCP(CCCCC)c1ccc[c-]1P(CCCCC)CCCCC.[Ni].[cH-]1[cH-][cH-][cH-][cH-]1. The first-order chi connectivity index (χ1) is 15.8. The summed E-state index contributed by atoms with van der Waals surface area (Å²) < 4.78 is 0. The zero-order valence-electron chi connectivity index (χ0n) is 22.1. The topological polar surface area (TPSA) is 0 Å². The molecule has 0 aliphatic rings. The second kappa shape index (κ2) is 23.8. The van der Waals surface area contributed by atoms with Crippen LogP contribution in [0.2, 0.25) is 0 Å². The van der Waals surface area contributed by atoms with Gasteiger partial charge in [0, 0.05) is 16.5 Å². The molecule has 0 fully saturated rings. The van der Waals surface area contributed by atoms with Crippen molar-refractivity contribution in [2.75, 3.05) is 24.6 Å². The molecule has 2 aromatic carbocycles. The van der Waals surface area contributed by atoms with Crippen LogP contribution >= 0.6 is 15.8 Å². The second-order valence-corrected chi connectivity index (χ2v) is 14.0. The summed E-state index contributed by atoms with van der Waals surface area (Å²) in [6.07, 6.45) is 22.8. The minimum Gasteiger partial charge on any atom is -0.748 e. The van der Waals surface area contributed by atoms with Crippen LogP contribution in [0.5, 0.6) is 0 Å². The molecular weight excluding hydrogens is 481 g/mol. The Balaban J connectivity index is 0.00000150. The molecule has 198 valence electrons. The van der Waals surface area contributed by atoms with Crippen molar-refractivity contribution in [3.63, 3.8) is 0 Å². The molecule has 0 aliphatic carbocycles. The van der Waals surface area contributed by atoms with E-state index < -0.39 is 0 Å². The maximum absolute atomic E-state index is 2.54. The molecule has 3 heteroatoms. The van der Waals surface area contributed by atoms with Crippen molar-refractivity contribution in [3.05, 3.63) is 48.5 Å². The maximum atomic E-state index is 2.54. The Bertz CT molecular complexity index is 529. The maximum Gasteiger partial charge on any atom is 0 e. The van der Waals surface area contributed by atoms with Gasteiger partial charge in [-0.1, -0.05) is 79.1 Å². The Morgan fingerprint density at radius 2 is 1.00 bits per heavy atom. The van der Waals surface area contributed by atoms with E-state index in [4.69, 9.17) is 0 Å². The molecule has 0 heterocycles. The van der Waals surface area contributed by atoms with Crippen molar-refractivity contribution in [3.8, 4) is 0 Å². The Kier molecular flexibility index (Phi) is 23.8. The second-order valence-electron chi connectivity index (χ2n) is 9.06. The average Bonchev–Trinajstić information content (AvgIpc) is 3.53. The summed E-state index contributed by atoms with van der Waals surface area (Å²) in [6.45, 7) is 9.37. The predicted molar refractivity (Wildman–Crippen MR) is 155 cm³/mol. The van der Waals surface area contributed by atoms with Gasteiger partial charge in [-0.25, -0.2) is 12.1 Å². The van der Waals surface area contributed by atoms with E-state index >= 15 is 0 Å². The van der Waals surface area contributed by atoms with Gasteiger partial charge < -0.3 is 30.3 Å². The zero-order chi connectivity index (χ0) is 23.3. The van der Waals surface area contributed by atoms with E-state index in [1.54, 1.807) is 0 Å². The first kappa shape index (κ1) is 33.1. The van der Waals surface area contributed by atoms with Crippen molar-refractivity contribution < 1.29 is 16.5 Å². The fourth-order valence-electron chi connectivity index (χ4n) is 4.17. The summed E-state index contributed by atoms with van der Waals surface area (Å²) in [5.74, 6) is 0. The first-order valence-corrected chi connectivity index (χ1v) is 17.1. The Morgan fingerprint density at radius 3 is 1.39 bits per heavy atom. The molecule has 2 aromatic rings. The predicted octanol–water partition coefficient (Wildman–Crippen LogP) is 9.78. The van der Waals surface area contributed by atoms with Crippen LogP contribution in [0.1, 0.15) is 105 Å². The van der Waals surface area contributed by atoms with Gasteiger partial charge in [0.1, 0.15) is 0 Å². The Morgan fingerprint density at radius 1 is 0.606 bits per heavy atom. The van der Waals surface area contributed by atoms with Crippen molar-refractivity contribution in [1.82, 2.24) is 0 Å². The summed E-state index contributed by atoms with van der Waals surface area (Å²) in [6, 6.07) is 17.5. The molecule has 0 unspecified atom stereocenters. The molecule has 2 rings (SSSR count). The van der Waals surface area contributed by atoms with Crippen molar-refractivity contribution in [1.29, 1.82) is 0 Å². The number of unbranched alkanes of at least 4 members (excludes halogenated alkanes) is 8. The largest absolute Gasteiger partial charge is 0.748 e. The molecule has 0 atom stereocenters.